The molecule has 1 aromatic rings. The molecule has 0 bridgehead atoms. The zero-order valence-corrected chi connectivity index (χ0v) is 16.2. The zero-order chi connectivity index (χ0) is 18.4. The first-order chi connectivity index (χ1) is 11.9. The molecule has 1 aromatic carbocycles. The molecule has 2 amide bonds. The summed E-state index contributed by atoms with van der Waals surface area (Å²) in [4.78, 5) is 26.4. The molecule has 0 saturated carbocycles. The second kappa shape index (κ2) is 10.5. The number of hydrogen-bond acceptors (Lipinski definition) is 3. The molecular weight excluding hydrogens is 357 g/mol. The van der Waals surface area contributed by atoms with Gasteiger partial charge in [0, 0.05) is 25.6 Å². The van der Waals surface area contributed by atoms with E-state index in [2.05, 4.69) is 5.32 Å². The normalized spacial score (nSPS) is 16.1. The monoisotopic (exact) mass is 385 g/mol. The molecule has 1 fully saturated rings. The molecule has 1 atom stereocenters. The van der Waals surface area contributed by atoms with Crippen molar-refractivity contribution < 1.29 is 14.0 Å². The maximum absolute atomic E-state index is 12.9. The highest BCUT2D eigenvalue weighted by atomic mass is 35.5. The first kappa shape index (κ1) is 22.4. The summed E-state index contributed by atoms with van der Waals surface area (Å²) in [6.45, 7) is 5.62. The van der Waals surface area contributed by atoms with E-state index in [-0.39, 0.29) is 36.0 Å². The Morgan fingerprint density at radius 2 is 1.81 bits per heavy atom. The number of carbonyl (C=O) groups excluding carboxylic acids is 2. The molecule has 1 saturated heterocycles. The summed E-state index contributed by atoms with van der Waals surface area (Å²) in [5.41, 5.74) is 6.83. The number of nitrogens with one attached hydrogen (secondary N) is 1. The third-order valence-electron chi connectivity index (χ3n) is 4.60. The molecule has 1 aliphatic heterocycles. The average Bonchev–Trinajstić information content (AvgIpc) is 2.60. The van der Waals surface area contributed by atoms with E-state index in [4.69, 9.17) is 5.73 Å². The van der Waals surface area contributed by atoms with Gasteiger partial charge >= 0.3 is 0 Å². The molecule has 0 unspecified atom stereocenters. The quantitative estimate of drug-likeness (QED) is 0.789. The standard InChI is InChI=1S/C19H28FN3O2.ClH/c1-13(2)11-17(21)19(25)23-9-7-15(8-10-23)18(24)22-12-14-3-5-16(20)6-4-14;/h3-6,13,15,17H,7-12,21H2,1-2H3,(H,22,24);1H/t17-;/m0./s1. The van der Waals surface area contributed by atoms with E-state index in [1.807, 2.05) is 13.8 Å². The average molecular weight is 386 g/mol. The molecule has 1 heterocycles. The summed E-state index contributed by atoms with van der Waals surface area (Å²) in [6, 6.07) is 5.63. The molecule has 2 rings (SSSR count). The largest absolute Gasteiger partial charge is 0.352 e. The fraction of sp³-hybridized carbons (Fsp3) is 0.579. The Balaban J connectivity index is 0.00000338. The van der Waals surface area contributed by atoms with Crippen LogP contribution in [0.5, 0.6) is 0 Å². The maximum Gasteiger partial charge on any atom is 0.239 e. The highest BCUT2D eigenvalue weighted by molar-refractivity contribution is 5.85. The molecule has 3 N–H and O–H groups in total. The van der Waals surface area contributed by atoms with Crippen molar-refractivity contribution in [1.82, 2.24) is 10.2 Å². The molecule has 0 radical (unpaired) electrons. The van der Waals surface area contributed by atoms with Crippen LogP contribution in [0.2, 0.25) is 0 Å². The smallest absolute Gasteiger partial charge is 0.239 e. The molecule has 146 valence electrons. The first-order valence-corrected chi connectivity index (χ1v) is 8.93. The Hall–Kier alpha value is -1.66. The third-order valence-corrected chi connectivity index (χ3v) is 4.60. The summed E-state index contributed by atoms with van der Waals surface area (Å²) < 4.78 is 12.9. The van der Waals surface area contributed by atoms with Crippen LogP contribution in [0.3, 0.4) is 0 Å². The van der Waals surface area contributed by atoms with Gasteiger partial charge in [-0.3, -0.25) is 9.59 Å². The lowest BCUT2D eigenvalue weighted by atomic mass is 9.94. The van der Waals surface area contributed by atoms with Gasteiger partial charge in [0.1, 0.15) is 5.82 Å². The second-order valence-electron chi connectivity index (χ2n) is 7.18. The van der Waals surface area contributed by atoms with Crippen LogP contribution >= 0.6 is 12.4 Å². The third kappa shape index (κ3) is 6.57. The van der Waals surface area contributed by atoms with Crippen molar-refractivity contribution >= 4 is 24.2 Å². The van der Waals surface area contributed by atoms with Gasteiger partial charge in [-0.15, -0.1) is 12.4 Å². The number of rotatable bonds is 6. The lowest BCUT2D eigenvalue weighted by Gasteiger charge is -2.33. The highest BCUT2D eigenvalue weighted by Gasteiger charge is 2.29. The van der Waals surface area contributed by atoms with Gasteiger partial charge in [-0.2, -0.15) is 0 Å². The molecule has 0 spiro atoms. The van der Waals surface area contributed by atoms with E-state index >= 15 is 0 Å². The van der Waals surface area contributed by atoms with Crippen molar-refractivity contribution in [3.63, 3.8) is 0 Å². The summed E-state index contributed by atoms with van der Waals surface area (Å²) in [5, 5.41) is 2.89. The van der Waals surface area contributed by atoms with Crippen LogP contribution in [0.4, 0.5) is 4.39 Å². The summed E-state index contributed by atoms with van der Waals surface area (Å²) in [5.74, 6) is -0.0240. The minimum Gasteiger partial charge on any atom is -0.352 e. The van der Waals surface area contributed by atoms with Gasteiger partial charge in [0.2, 0.25) is 11.8 Å². The van der Waals surface area contributed by atoms with Crippen LogP contribution < -0.4 is 11.1 Å². The molecule has 26 heavy (non-hydrogen) atoms. The van der Waals surface area contributed by atoms with Crippen molar-refractivity contribution in [2.45, 2.75) is 45.7 Å². The number of piperidine rings is 1. The molecule has 1 aliphatic rings. The van der Waals surface area contributed by atoms with E-state index in [0.29, 0.717) is 44.8 Å². The number of nitrogens with two attached hydrogens (primary N) is 1. The van der Waals surface area contributed by atoms with Gasteiger partial charge in [0.25, 0.3) is 0 Å². The van der Waals surface area contributed by atoms with Crippen LogP contribution in [0.25, 0.3) is 0 Å². The number of likely N-dealkylation sites (tertiary alicyclic amines) is 1. The van der Waals surface area contributed by atoms with Gasteiger partial charge in [0.05, 0.1) is 6.04 Å². The first-order valence-electron chi connectivity index (χ1n) is 8.93. The second-order valence-corrected chi connectivity index (χ2v) is 7.18. The molecular formula is C19H29ClFN3O2. The molecule has 0 aliphatic carbocycles. The van der Waals surface area contributed by atoms with Crippen molar-refractivity contribution in [3.8, 4) is 0 Å². The van der Waals surface area contributed by atoms with Crippen LogP contribution in [0.15, 0.2) is 24.3 Å². The van der Waals surface area contributed by atoms with Crippen LogP contribution in [-0.4, -0.2) is 35.8 Å². The molecule has 0 aromatic heterocycles. The van der Waals surface area contributed by atoms with Crippen molar-refractivity contribution in [1.29, 1.82) is 0 Å². The summed E-state index contributed by atoms with van der Waals surface area (Å²) in [6.07, 6.45) is 1.97. The fourth-order valence-electron chi connectivity index (χ4n) is 3.14. The number of amides is 2. The Bertz CT molecular complexity index is 587. The van der Waals surface area contributed by atoms with E-state index in [9.17, 15) is 14.0 Å². The molecule has 7 heteroatoms. The Kier molecular flexibility index (Phi) is 9.02. The summed E-state index contributed by atoms with van der Waals surface area (Å²) in [7, 11) is 0. The van der Waals surface area contributed by atoms with Crippen LogP contribution in [0, 0.1) is 17.7 Å². The predicted molar refractivity (Wildman–Crippen MR) is 102 cm³/mol. The topological polar surface area (TPSA) is 75.4 Å². The number of carbonyl (C=O) groups is 2. The van der Waals surface area contributed by atoms with E-state index < -0.39 is 6.04 Å². The van der Waals surface area contributed by atoms with E-state index in [0.717, 1.165) is 5.56 Å². The lowest BCUT2D eigenvalue weighted by molar-refractivity contribution is -0.137. The Morgan fingerprint density at radius 1 is 1.23 bits per heavy atom. The Morgan fingerprint density at radius 3 is 2.35 bits per heavy atom. The van der Waals surface area contributed by atoms with E-state index in [1.165, 1.54) is 12.1 Å². The minimum absolute atomic E-state index is 0. The van der Waals surface area contributed by atoms with Gasteiger partial charge in [-0.25, -0.2) is 4.39 Å². The van der Waals surface area contributed by atoms with Crippen LogP contribution in [-0.2, 0) is 16.1 Å². The van der Waals surface area contributed by atoms with Crippen molar-refractivity contribution in [2.75, 3.05) is 13.1 Å². The maximum atomic E-state index is 12.9. The van der Waals surface area contributed by atoms with Crippen molar-refractivity contribution in [3.05, 3.63) is 35.6 Å². The number of halogens is 2. The lowest BCUT2D eigenvalue weighted by Crippen LogP contribution is -2.49. The zero-order valence-electron chi connectivity index (χ0n) is 15.4. The van der Waals surface area contributed by atoms with E-state index in [1.54, 1.807) is 17.0 Å². The predicted octanol–water partition coefficient (Wildman–Crippen LogP) is 2.48. The van der Waals surface area contributed by atoms with Gasteiger partial charge in [-0.1, -0.05) is 26.0 Å². The number of benzene rings is 1. The molecule has 5 nitrogen and oxygen atoms in total. The van der Waals surface area contributed by atoms with Crippen molar-refractivity contribution in [2.24, 2.45) is 17.6 Å². The SMILES string of the molecule is CC(C)C[C@H](N)C(=O)N1CCC(C(=O)NCc2ccc(F)cc2)CC1.Cl. The minimum atomic E-state index is -0.455. The van der Waals surface area contributed by atoms with Gasteiger partial charge in [-0.05, 0) is 42.9 Å². The number of nitrogens with zero attached hydrogens (tertiary/aromatic N) is 1. The fourth-order valence-corrected chi connectivity index (χ4v) is 3.14. The van der Waals surface area contributed by atoms with Gasteiger partial charge < -0.3 is 16.0 Å². The summed E-state index contributed by atoms with van der Waals surface area (Å²) >= 11 is 0. The van der Waals surface area contributed by atoms with Gasteiger partial charge in [0.15, 0.2) is 0 Å². The Labute approximate surface area is 160 Å². The number of hydrogen-bond donors (Lipinski definition) is 2. The highest BCUT2D eigenvalue weighted by Crippen LogP contribution is 2.19. The van der Waals surface area contributed by atoms with Crippen LogP contribution in [0.1, 0.15) is 38.7 Å².